The van der Waals surface area contributed by atoms with Gasteiger partial charge in [-0.25, -0.2) is 4.79 Å². The van der Waals surface area contributed by atoms with Gasteiger partial charge in [-0.05, 0) is 32.6 Å². The van der Waals surface area contributed by atoms with Gasteiger partial charge in [-0.3, -0.25) is 24.2 Å². The molecule has 5 unspecified atom stereocenters. The molecule has 0 saturated carbocycles. The predicted molar refractivity (Wildman–Crippen MR) is 120 cm³/mol. The van der Waals surface area contributed by atoms with Crippen LogP contribution < -0.4 is 33.6 Å². The van der Waals surface area contributed by atoms with Crippen molar-refractivity contribution in [3.8, 4) is 0 Å². The summed E-state index contributed by atoms with van der Waals surface area (Å²) in [5.41, 5.74) is 21.3. The van der Waals surface area contributed by atoms with E-state index in [1.54, 1.807) is 0 Å². The van der Waals surface area contributed by atoms with Gasteiger partial charge in [0.25, 0.3) is 0 Å². The molecule has 1 heterocycles. The number of nitrogens with two attached hydrogens (primary N) is 4. The number of carboxylic acid groups (broad SMARTS) is 1. The van der Waals surface area contributed by atoms with Crippen molar-refractivity contribution in [1.82, 2.24) is 15.5 Å². The lowest BCUT2D eigenvalue weighted by atomic mass is 10.1. The minimum atomic E-state index is -1.48. The molecule has 192 valence electrons. The third-order valence-electron chi connectivity index (χ3n) is 5.24. The van der Waals surface area contributed by atoms with E-state index in [1.165, 1.54) is 11.8 Å². The normalized spacial score (nSPS) is 18.8. The predicted octanol–water partition coefficient (Wildman–Crippen LogP) is -4.33. The largest absolute Gasteiger partial charge is 0.480 e. The third kappa shape index (κ3) is 8.82. The maximum Gasteiger partial charge on any atom is 0.326 e. The summed E-state index contributed by atoms with van der Waals surface area (Å²) < 4.78 is 0. The highest BCUT2D eigenvalue weighted by atomic mass is 16.4. The van der Waals surface area contributed by atoms with Crippen LogP contribution in [0.1, 0.15) is 39.0 Å². The Morgan fingerprint density at radius 2 is 1.71 bits per heavy atom. The molecule has 0 radical (unpaired) electrons. The minimum absolute atomic E-state index is 0.0502. The number of nitrogens with one attached hydrogen (secondary N) is 2. The Morgan fingerprint density at radius 1 is 1.09 bits per heavy atom. The summed E-state index contributed by atoms with van der Waals surface area (Å²) >= 11 is 0. The lowest BCUT2D eigenvalue weighted by Gasteiger charge is -2.29. The fourth-order valence-electron chi connectivity index (χ4n) is 3.42. The van der Waals surface area contributed by atoms with Crippen LogP contribution in [0.15, 0.2) is 4.99 Å². The number of likely N-dealkylation sites (tertiary alicyclic amines) is 1. The molecule has 34 heavy (non-hydrogen) atoms. The molecule has 4 amide bonds. The van der Waals surface area contributed by atoms with Gasteiger partial charge in [-0.2, -0.15) is 0 Å². The van der Waals surface area contributed by atoms with E-state index in [1.807, 2.05) is 0 Å². The maximum absolute atomic E-state index is 13.1. The minimum Gasteiger partial charge on any atom is -0.480 e. The van der Waals surface area contributed by atoms with Crippen LogP contribution in [0, 0.1) is 0 Å². The quantitative estimate of drug-likeness (QED) is 0.0704. The number of guanidine groups is 1. The van der Waals surface area contributed by atoms with Crippen molar-refractivity contribution in [2.45, 2.75) is 69.3 Å². The molecule has 1 fully saturated rings. The maximum atomic E-state index is 13.1. The zero-order chi connectivity index (χ0) is 26.0. The van der Waals surface area contributed by atoms with E-state index < -0.39 is 66.3 Å². The van der Waals surface area contributed by atoms with E-state index in [2.05, 4.69) is 15.6 Å². The number of aliphatic hydroxyl groups is 1. The first-order chi connectivity index (χ1) is 15.8. The topological polar surface area (TPSA) is 270 Å². The highest BCUT2D eigenvalue weighted by Crippen LogP contribution is 2.19. The van der Waals surface area contributed by atoms with Crippen LogP contribution in [-0.2, 0) is 24.0 Å². The molecule has 0 bridgehead atoms. The second-order valence-electron chi connectivity index (χ2n) is 8.04. The summed E-state index contributed by atoms with van der Waals surface area (Å²) in [6.07, 6.45) is -0.762. The molecule has 0 aromatic rings. The SMILES string of the molecule is CC(O)C(N)C(=O)NC(CC(N)=O)C(=O)NC(CCCN=C(N)N)C(=O)N1CCCC1C(=O)O. The fourth-order valence-corrected chi connectivity index (χ4v) is 3.42. The van der Waals surface area contributed by atoms with E-state index in [9.17, 15) is 34.2 Å². The number of aliphatic imine (C=N–C) groups is 1. The van der Waals surface area contributed by atoms with Crippen LogP contribution in [0.25, 0.3) is 0 Å². The lowest BCUT2D eigenvalue weighted by molar-refractivity contribution is -0.149. The first-order valence-corrected chi connectivity index (χ1v) is 10.8. The molecule has 0 aromatic carbocycles. The Balaban J connectivity index is 3.05. The van der Waals surface area contributed by atoms with Crippen molar-refractivity contribution < 1.29 is 34.2 Å². The van der Waals surface area contributed by atoms with Crippen molar-refractivity contribution in [2.75, 3.05) is 13.1 Å². The second kappa shape index (κ2) is 13.3. The average molecular weight is 487 g/mol. The number of rotatable bonds is 13. The van der Waals surface area contributed by atoms with E-state index in [0.29, 0.717) is 6.42 Å². The lowest BCUT2D eigenvalue weighted by Crippen LogP contribution is -2.58. The Morgan fingerprint density at radius 3 is 2.24 bits per heavy atom. The zero-order valence-electron chi connectivity index (χ0n) is 19.0. The molecule has 15 nitrogen and oxygen atoms in total. The molecule has 0 spiro atoms. The van der Waals surface area contributed by atoms with Gasteiger partial charge in [0, 0.05) is 13.1 Å². The van der Waals surface area contributed by atoms with Gasteiger partial charge in [0.15, 0.2) is 5.96 Å². The van der Waals surface area contributed by atoms with Gasteiger partial charge >= 0.3 is 5.97 Å². The second-order valence-corrected chi connectivity index (χ2v) is 8.04. The Kier molecular flexibility index (Phi) is 11.2. The number of hydrogen-bond acceptors (Lipinski definition) is 8. The molecular formula is C19H34N8O7. The molecule has 0 aliphatic carbocycles. The third-order valence-corrected chi connectivity index (χ3v) is 5.24. The van der Waals surface area contributed by atoms with Gasteiger partial charge < -0.3 is 48.7 Å². The molecule has 1 aliphatic heterocycles. The number of hydrogen-bond donors (Lipinski definition) is 8. The van der Waals surface area contributed by atoms with Crippen LogP contribution in [0.2, 0.25) is 0 Å². The number of carboxylic acids is 1. The zero-order valence-corrected chi connectivity index (χ0v) is 19.0. The van der Waals surface area contributed by atoms with Gasteiger partial charge in [0.05, 0.1) is 12.5 Å². The molecule has 5 atom stereocenters. The smallest absolute Gasteiger partial charge is 0.326 e. The summed E-state index contributed by atoms with van der Waals surface area (Å²) in [6.45, 7) is 1.61. The van der Waals surface area contributed by atoms with E-state index >= 15 is 0 Å². The molecule has 15 heteroatoms. The van der Waals surface area contributed by atoms with E-state index in [-0.39, 0.29) is 38.3 Å². The summed E-state index contributed by atoms with van der Waals surface area (Å²) in [5.74, 6) is -4.67. The molecular weight excluding hydrogens is 452 g/mol. The number of amides is 4. The number of carbonyl (C=O) groups excluding carboxylic acids is 4. The highest BCUT2D eigenvalue weighted by molar-refractivity contribution is 5.96. The Labute approximate surface area is 196 Å². The summed E-state index contributed by atoms with van der Waals surface area (Å²) in [6, 6.07) is -5.06. The number of primary amides is 1. The van der Waals surface area contributed by atoms with Gasteiger partial charge in [-0.1, -0.05) is 0 Å². The van der Waals surface area contributed by atoms with Crippen molar-refractivity contribution in [1.29, 1.82) is 0 Å². The van der Waals surface area contributed by atoms with Crippen LogP contribution >= 0.6 is 0 Å². The molecule has 1 rings (SSSR count). The number of aliphatic carboxylic acids is 1. The molecule has 12 N–H and O–H groups in total. The first kappa shape index (κ1) is 28.6. The molecule has 1 saturated heterocycles. The van der Waals surface area contributed by atoms with Gasteiger partial charge in [-0.15, -0.1) is 0 Å². The monoisotopic (exact) mass is 486 g/mol. The summed E-state index contributed by atoms with van der Waals surface area (Å²) in [5, 5.41) is 23.6. The summed E-state index contributed by atoms with van der Waals surface area (Å²) in [7, 11) is 0. The summed E-state index contributed by atoms with van der Waals surface area (Å²) in [4.78, 5) is 66.2. The van der Waals surface area contributed by atoms with Crippen LogP contribution in [0.3, 0.4) is 0 Å². The fraction of sp³-hybridized carbons (Fsp3) is 0.684. The van der Waals surface area contributed by atoms with Crippen molar-refractivity contribution in [3.05, 3.63) is 0 Å². The van der Waals surface area contributed by atoms with Crippen LogP contribution in [0.4, 0.5) is 0 Å². The van der Waals surface area contributed by atoms with Crippen molar-refractivity contribution >= 4 is 35.6 Å². The van der Waals surface area contributed by atoms with E-state index in [4.69, 9.17) is 22.9 Å². The standard InChI is InChI=1S/C19H34N8O7/c1-9(28)14(21)16(31)26-11(8-13(20)29)15(30)25-10(4-2-6-24-19(22)23)17(32)27-7-3-5-12(27)18(33)34/h9-12,14,28H,2-8,21H2,1H3,(H2,20,29)(H,25,30)(H,26,31)(H,33,34)(H4,22,23,24). The number of nitrogens with zero attached hydrogens (tertiary/aromatic N) is 2. The van der Waals surface area contributed by atoms with Crippen LogP contribution in [-0.4, -0.2) is 94.0 Å². The molecule has 0 aromatic heterocycles. The van der Waals surface area contributed by atoms with Gasteiger partial charge in [0.1, 0.15) is 24.2 Å². The van der Waals surface area contributed by atoms with E-state index in [0.717, 1.165) is 0 Å². The Hall–Kier alpha value is -3.46. The van der Waals surface area contributed by atoms with Crippen molar-refractivity contribution in [3.63, 3.8) is 0 Å². The highest BCUT2D eigenvalue weighted by Gasteiger charge is 2.38. The first-order valence-electron chi connectivity index (χ1n) is 10.8. The van der Waals surface area contributed by atoms with Gasteiger partial charge in [0.2, 0.25) is 23.6 Å². The Bertz CT molecular complexity index is 800. The molecule has 1 aliphatic rings. The van der Waals surface area contributed by atoms with Crippen molar-refractivity contribution in [2.24, 2.45) is 27.9 Å². The average Bonchev–Trinajstić information content (AvgIpc) is 3.23. The number of aliphatic hydroxyl groups excluding tert-OH is 1. The van der Waals surface area contributed by atoms with Crippen LogP contribution in [0.5, 0.6) is 0 Å². The number of carbonyl (C=O) groups is 5.